The van der Waals surface area contributed by atoms with Crippen molar-refractivity contribution in [1.29, 1.82) is 0 Å². The highest BCUT2D eigenvalue weighted by Crippen LogP contribution is 2.28. The summed E-state index contributed by atoms with van der Waals surface area (Å²) in [6.07, 6.45) is 3.78. The lowest BCUT2D eigenvalue weighted by Gasteiger charge is -2.11. The number of rotatable bonds is 3. The first-order chi connectivity index (χ1) is 13.0. The van der Waals surface area contributed by atoms with E-state index in [1.54, 1.807) is 6.20 Å². The van der Waals surface area contributed by atoms with E-state index in [0.717, 1.165) is 34.5 Å². The molecule has 0 saturated heterocycles. The summed E-state index contributed by atoms with van der Waals surface area (Å²) in [5, 5.41) is 16.9. The van der Waals surface area contributed by atoms with Crippen LogP contribution in [-0.4, -0.2) is 36.1 Å². The fourth-order valence-electron chi connectivity index (χ4n) is 3.27. The average molecular weight is 363 g/mol. The Bertz CT molecular complexity index is 1070. The lowest BCUT2D eigenvalue weighted by molar-refractivity contribution is -0.122. The molecular formula is C20H21N5O2. The molecule has 0 aliphatic rings. The largest absolute Gasteiger partial charge is 0.483 e. The molecular weight excluding hydrogens is 342 g/mol. The third-order valence-corrected chi connectivity index (χ3v) is 4.35. The van der Waals surface area contributed by atoms with Crippen molar-refractivity contribution in [3.05, 3.63) is 65.6 Å². The molecule has 0 radical (unpaired) electrons. The minimum absolute atomic E-state index is 0.250. The Hall–Kier alpha value is -3.48. The Morgan fingerprint density at radius 2 is 1.93 bits per heavy atom. The predicted molar refractivity (Wildman–Crippen MR) is 103 cm³/mol. The van der Waals surface area contributed by atoms with Crippen LogP contribution in [0.4, 0.5) is 0 Å². The van der Waals surface area contributed by atoms with Gasteiger partial charge in [0.2, 0.25) is 0 Å². The van der Waals surface area contributed by atoms with Crippen molar-refractivity contribution in [1.82, 2.24) is 24.5 Å². The molecule has 3 aromatic heterocycles. The number of hydrogen-bond donors (Lipinski definition) is 1. The number of nitrogens with zero attached hydrogens (tertiary/aromatic N) is 5. The molecule has 0 aliphatic carbocycles. The van der Waals surface area contributed by atoms with Crippen LogP contribution in [-0.2, 0) is 18.4 Å². The van der Waals surface area contributed by atoms with Crippen LogP contribution in [0, 0.1) is 13.8 Å². The van der Waals surface area contributed by atoms with Crippen molar-refractivity contribution >= 4 is 17.5 Å². The second-order valence-electron chi connectivity index (χ2n) is 6.20. The lowest BCUT2D eigenvalue weighted by Crippen LogP contribution is -2.02. The van der Waals surface area contributed by atoms with Gasteiger partial charge in [0.25, 0.3) is 6.47 Å². The minimum Gasteiger partial charge on any atom is -0.483 e. The van der Waals surface area contributed by atoms with Gasteiger partial charge in [-0.15, -0.1) is 0 Å². The monoisotopic (exact) mass is 363 g/mol. The summed E-state index contributed by atoms with van der Waals surface area (Å²) in [6, 6.07) is 12.5. The number of aromatic nitrogens is 5. The van der Waals surface area contributed by atoms with Gasteiger partial charge in [0, 0.05) is 30.4 Å². The molecule has 1 aromatic carbocycles. The maximum Gasteiger partial charge on any atom is 0.290 e. The van der Waals surface area contributed by atoms with Gasteiger partial charge in [0.05, 0.1) is 17.9 Å². The lowest BCUT2D eigenvalue weighted by atomic mass is 10.0. The first-order valence-corrected chi connectivity index (χ1v) is 8.49. The zero-order chi connectivity index (χ0) is 19.4. The minimum atomic E-state index is -0.250. The molecule has 0 amide bonds. The number of hydrogen-bond acceptors (Lipinski definition) is 4. The third kappa shape index (κ3) is 3.72. The van der Waals surface area contributed by atoms with Crippen molar-refractivity contribution in [2.75, 3.05) is 0 Å². The first-order valence-electron chi connectivity index (χ1n) is 8.49. The van der Waals surface area contributed by atoms with Crippen LogP contribution < -0.4 is 0 Å². The van der Waals surface area contributed by atoms with Gasteiger partial charge in [-0.05, 0) is 37.1 Å². The highest BCUT2D eigenvalue weighted by Gasteiger charge is 2.14. The Morgan fingerprint density at radius 3 is 2.63 bits per heavy atom. The Labute approximate surface area is 156 Å². The second-order valence-corrected chi connectivity index (χ2v) is 6.20. The molecule has 0 spiro atoms. The molecule has 0 atom stereocenters. The Kier molecular flexibility index (Phi) is 5.30. The highest BCUT2D eigenvalue weighted by atomic mass is 16.3. The maximum atomic E-state index is 8.36. The number of benzene rings is 1. The number of carboxylic acid groups (broad SMARTS) is 1. The Balaban J connectivity index is 0.000000659. The summed E-state index contributed by atoms with van der Waals surface area (Å²) < 4.78 is 3.79. The van der Waals surface area contributed by atoms with Crippen LogP contribution in [0.2, 0.25) is 0 Å². The fraction of sp³-hybridized carbons (Fsp3) is 0.200. The number of aryl methyl sites for hydroxylation is 3. The van der Waals surface area contributed by atoms with Crippen molar-refractivity contribution in [3.8, 4) is 11.3 Å². The molecule has 4 aromatic rings. The van der Waals surface area contributed by atoms with E-state index in [0.29, 0.717) is 0 Å². The molecule has 7 heteroatoms. The van der Waals surface area contributed by atoms with Crippen molar-refractivity contribution in [2.24, 2.45) is 7.05 Å². The smallest absolute Gasteiger partial charge is 0.290 e. The van der Waals surface area contributed by atoms with E-state index in [2.05, 4.69) is 47.5 Å². The van der Waals surface area contributed by atoms with E-state index in [9.17, 15) is 0 Å². The van der Waals surface area contributed by atoms with Gasteiger partial charge in [-0.2, -0.15) is 10.2 Å². The summed E-state index contributed by atoms with van der Waals surface area (Å²) >= 11 is 0. The molecule has 0 bridgehead atoms. The Morgan fingerprint density at radius 1 is 1.19 bits per heavy atom. The van der Waals surface area contributed by atoms with E-state index in [1.807, 2.05) is 35.6 Å². The topological polar surface area (TPSA) is 85.8 Å². The van der Waals surface area contributed by atoms with Gasteiger partial charge >= 0.3 is 0 Å². The molecule has 138 valence electrons. The van der Waals surface area contributed by atoms with E-state index < -0.39 is 0 Å². The molecule has 0 aliphatic heterocycles. The summed E-state index contributed by atoms with van der Waals surface area (Å²) in [5.74, 6) is 0. The fourth-order valence-corrected chi connectivity index (χ4v) is 3.27. The number of carbonyl (C=O) groups is 1. The van der Waals surface area contributed by atoms with Crippen molar-refractivity contribution in [3.63, 3.8) is 0 Å². The zero-order valence-corrected chi connectivity index (χ0v) is 15.5. The summed E-state index contributed by atoms with van der Waals surface area (Å²) in [7, 11) is 1.95. The van der Waals surface area contributed by atoms with E-state index in [-0.39, 0.29) is 6.47 Å². The van der Waals surface area contributed by atoms with Gasteiger partial charge in [0.15, 0.2) is 5.65 Å². The SMILES string of the molecule is Cc1cc(-c2ccccc2Cn2cccn2)nc2c1c(C)nn2C.O=CO. The molecule has 7 nitrogen and oxygen atoms in total. The third-order valence-electron chi connectivity index (χ3n) is 4.35. The van der Waals surface area contributed by atoms with Crippen molar-refractivity contribution in [2.45, 2.75) is 20.4 Å². The summed E-state index contributed by atoms with van der Waals surface area (Å²) in [4.78, 5) is 13.2. The zero-order valence-electron chi connectivity index (χ0n) is 15.5. The highest BCUT2D eigenvalue weighted by molar-refractivity contribution is 5.85. The normalized spacial score (nSPS) is 10.5. The van der Waals surface area contributed by atoms with Gasteiger partial charge in [-0.3, -0.25) is 14.2 Å². The average Bonchev–Trinajstić information content (AvgIpc) is 3.24. The van der Waals surface area contributed by atoms with E-state index in [1.165, 1.54) is 11.1 Å². The van der Waals surface area contributed by atoms with Crippen LogP contribution in [0.25, 0.3) is 22.3 Å². The maximum absolute atomic E-state index is 8.36. The van der Waals surface area contributed by atoms with Crippen molar-refractivity contribution < 1.29 is 9.90 Å². The molecule has 0 unspecified atom stereocenters. The summed E-state index contributed by atoms with van der Waals surface area (Å²) in [6.45, 7) is 4.63. The molecule has 27 heavy (non-hydrogen) atoms. The van der Waals surface area contributed by atoms with E-state index in [4.69, 9.17) is 14.9 Å². The van der Waals surface area contributed by atoms with Gasteiger partial charge < -0.3 is 5.11 Å². The van der Waals surface area contributed by atoms with Crippen LogP contribution >= 0.6 is 0 Å². The summed E-state index contributed by atoms with van der Waals surface area (Å²) in [5.41, 5.74) is 6.47. The van der Waals surface area contributed by atoms with Gasteiger partial charge in [-0.25, -0.2) is 4.98 Å². The van der Waals surface area contributed by atoms with Gasteiger partial charge in [-0.1, -0.05) is 24.3 Å². The quantitative estimate of drug-likeness (QED) is 0.565. The van der Waals surface area contributed by atoms with Crippen LogP contribution in [0.15, 0.2) is 48.8 Å². The molecule has 3 heterocycles. The van der Waals surface area contributed by atoms with Crippen LogP contribution in [0.3, 0.4) is 0 Å². The van der Waals surface area contributed by atoms with Crippen LogP contribution in [0.5, 0.6) is 0 Å². The predicted octanol–water partition coefficient (Wildman–Crippen LogP) is 3.20. The molecule has 0 fully saturated rings. The molecule has 1 N–H and O–H groups in total. The standard InChI is InChI=1S/C19H19N5.CH2O2/c1-13-11-17(21-19-18(13)14(2)22-23(19)3)16-8-5-4-7-15(16)12-24-10-6-9-20-24;2-1-3/h4-11H,12H2,1-3H3;1H,(H,2,3). The first kappa shape index (κ1) is 18.3. The second kappa shape index (κ2) is 7.82. The number of pyridine rings is 1. The number of fused-ring (bicyclic) bond motifs is 1. The molecule has 4 rings (SSSR count). The van der Waals surface area contributed by atoms with Gasteiger partial charge in [0.1, 0.15) is 0 Å². The van der Waals surface area contributed by atoms with E-state index >= 15 is 0 Å². The molecule has 0 saturated carbocycles. The van der Waals surface area contributed by atoms with Crippen LogP contribution in [0.1, 0.15) is 16.8 Å².